The minimum Gasteiger partial charge on any atom is -0.363 e. The third kappa shape index (κ3) is 12.5. The molecule has 1 saturated carbocycles. The van der Waals surface area contributed by atoms with E-state index in [1.165, 1.54) is 0 Å². The van der Waals surface area contributed by atoms with Crippen molar-refractivity contribution in [3.8, 4) is 0 Å². The highest BCUT2D eigenvalue weighted by atomic mass is 32.1. The average molecular weight is 640 g/mol. The molecule has 12 heteroatoms. The van der Waals surface area contributed by atoms with E-state index in [4.69, 9.17) is 5.73 Å². The third-order valence-corrected chi connectivity index (χ3v) is 8.84. The fraction of sp³-hybridized carbons (Fsp3) is 0.812. The summed E-state index contributed by atoms with van der Waals surface area (Å²) in [6.45, 7) is 14.1. The Morgan fingerprint density at radius 2 is 1.59 bits per heavy atom. The summed E-state index contributed by atoms with van der Waals surface area (Å²) in [7, 11) is 0. The van der Waals surface area contributed by atoms with Crippen molar-refractivity contribution < 1.29 is 28.8 Å². The number of hydrogen-bond acceptors (Lipinski definition) is 8. The van der Waals surface area contributed by atoms with Gasteiger partial charge in [0, 0.05) is 12.5 Å². The minimum atomic E-state index is -0.903. The van der Waals surface area contributed by atoms with Gasteiger partial charge in [0.25, 0.3) is 5.91 Å². The van der Waals surface area contributed by atoms with Crippen LogP contribution in [-0.2, 0) is 24.0 Å². The van der Waals surface area contributed by atoms with E-state index in [9.17, 15) is 28.8 Å². The molecule has 0 radical (unpaired) electrons. The second-order valence-corrected chi connectivity index (χ2v) is 14.1. The Hall–Kier alpha value is -2.47. The van der Waals surface area contributed by atoms with Crippen LogP contribution >= 0.6 is 12.8 Å². The van der Waals surface area contributed by atoms with Crippen molar-refractivity contribution in [2.24, 2.45) is 28.9 Å². The number of thiol groups is 1. The average Bonchev–Trinajstić information content (AvgIpc) is 3.45. The number of Topliss-reactive ketones (excluding diaryl/α,β-unsaturated/α-hetero) is 2. The van der Waals surface area contributed by atoms with E-state index in [0.29, 0.717) is 25.3 Å². The molecular weight excluding hydrogens is 582 g/mol. The lowest BCUT2D eigenvalue weighted by molar-refractivity contribution is -0.138. The highest BCUT2D eigenvalue weighted by Crippen LogP contribution is 2.27. The number of carbonyl (C=O) groups is 6. The molecule has 0 spiro atoms. The van der Waals surface area contributed by atoms with Gasteiger partial charge in [0.1, 0.15) is 12.3 Å². The molecule has 1 heterocycles. The monoisotopic (exact) mass is 639 g/mol. The van der Waals surface area contributed by atoms with Gasteiger partial charge in [-0.3, -0.25) is 23.9 Å². The van der Waals surface area contributed by atoms with Crippen molar-refractivity contribution in [3.05, 3.63) is 0 Å². The van der Waals surface area contributed by atoms with Crippen molar-refractivity contribution in [3.63, 3.8) is 0 Å². The predicted octanol–water partition coefficient (Wildman–Crippen LogP) is 3.73. The van der Waals surface area contributed by atoms with Gasteiger partial charge in [0.05, 0.1) is 18.1 Å². The van der Waals surface area contributed by atoms with Crippen molar-refractivity contribution >= 4 is 48.5 Å². The van der Waals surface area contributed by atoms with Crippen LogP contribution < -0.4 is 21.1 Å². The number of nitrogens with zero attached hydrogens (tertiary/aromatic N) is 1. The van der Waals surface area contributed by atoms with E-state index in [1.807, 2.05) is 41.5 Å². The van der Waals surface area contributed by atoms with E-state index in [0.717, 1.165) is 57.7 Å². The molecule has 0 aromatic heterocycles. The Morgan fingerprint density at radius 3 is 2.07 bits per heavy atom. The molecule has 5 unspecified atom stereocenters. The molecule has 44 heavy (non-hydrogen) atoms. The normalized spacial score (nSPS) is 20.0. The van der Waals surface area contributed by atoms with Crippen LogP contribution in [0.25, 0.3) is 0 Å². The highest BCUT2D eigenvalue weighted by Gasteiger charge is 2.40. The number of nitrogens with two attached hydrogens (primary N) is 1. The maximum Gasteiger partial charge on any atom is 0.316 e. The fourth-order valence-corrected chi connectivity index (χ4v) is 6.17. The summed E-state index contributed by atoms with van der Waals surface area (Å²) < 4.78 is 2.52. The Morgan fingerprint density at radius 1 is 0.977 bits per heavy atom. The summed E-state index contributed by atoms with van der Waals surface area (Å²) in [5.41, 5.74) is 4.36. The second-order valence-electron chi connectivity index (χ2n) is 13.8. The van der Waals surface area contributed by atoms with Crippen LogP contribution in [0.1, 0.15) is 113 Å². The molecule has 2 rings (SSSR count). The van der Waals surface area contributed by atoms with Gasteiger partial charge >= 0.3 is 6.03 Å². The van der Waals surface area contributed by atoms with Crippen molar-refractivity contribution in [1.82, 2.24) is 20.3 Å². The number of hydrogen-bond donors (Lipinski definition) is 5. The molecule has 1 aliphatic carbocycles. The lowest BCUT2D eigenvalue weighted by Crippen LogP contribution is -2.60. The molecule has 11 nitrogen and oxygen atoms in total. The van der Waals surface area contributed by atoms with E-state index in [-0.39, 0.29) is 23.5 Å². The highest BCUT2D eigenvalue weighted by molar-refractivity contribution is 7.78. The molecule has 0 aromatic rings. The summed E-state index contributed by atoms with van der Waals surface area (Å²) >= 11 is 3.81. The zero-order chi connectivity index (χ0) is 33.6. The standard InChI is InChI=1S/C23H39N3O4.C9H18N2O2S/c1-15(2)18(19(28)16-10-7-6-8-11-16)24-22(30)25-20(23(3,4)5)21(29)26-13-9-12-17(26)14-27;1-3-4-6(2)5-7(11-14)8(12)9(10)13/h14-18,20H,6-13H2,1-5H3,(H2,24,25,30);6-7,11,14H,3-5H2,1-2H3,(H2,10,13). The van der Waals surface area contributed by atoms with Gasteiger partial charge in [0.2, 0.25) is 11.7 Å². The number of rotatable bonds is 14. The van der Waals surface area contributed by atoms with Crippen LogP contribution in [0, 0.1) is 23.2 Å². The van der Waals surface area contributed by atoms with Crippen LogP contribution in [0.4, 0.5) is 4.79 Å². The van der Waals surface area contributed by atoms with E-state index < -0.39 is 47.3 Å². The van der Waals surface area contributed by atoms with Gasteiger partial charge in [0.15, 0.2) is 5.78 Å². The summed E-state index contributed by atoms with van der Waals surface area (Å²) in [5, 5.41) is 5.66. The molecule has 4 amide bonds. The Bertz CT molecular complexity index is 979. The quantitative estimate of drug-likeness (QED) is 0.110. The number of likely N-dealkylation sites (tertiary alicyclic amines) is 1. The first-order chi connectivity index (χ1) is 20.6. The molecule has 2 aliphatic rings. The Labute approximate surface area is 269 Å². The minimum absolute atomic E-state index is 0.00412. The number of urea groups is 1. The van der Waals surface area contributed by atoms with Crippen LogP contribution in [0.2, 0.25) is 0 Å². The number of aldehydes is 1. The molecule has 5 N–H and O–H groups in total. The summed E-state index contributed by atoms with van der Waals surface area (Å²) in [5.74, 6) is -1.29. The smallest absolute Gasteiger partial charge is 0.316 e. The van der Waals surface area contributed by atoms with Crippen LogP contribution in [0.3, 0.4) is 0 Å². The number of nitrogens with one attached hydrogen (secondary N) is 3. The second kappa shape index (κ2) is 19.1. The molecule has 0 aromatic carbocycles. The van der Waals surface area contributed by atoms with Crippen LogP contribution in [-0.4, -0.2) is 71.3 Å². The maximum absolute atomic E-state index is 13.2. The van der Waals surface area contributed by atoms with E-state index in [2.05, 4.69) is 35.1 Å². The van der Waals surface area contributed by atoms with Crippen molar-refractivity contribution in [2.45, 2.75) is 137 Å². The maximum atomic E-state index is 13.2. The zero-order valence-corrected chi connectivity index (χ0v) is 28.7. The molecule has 2 fully saturated rings. The summed E-state index contributed by atoms with van der Waals surface area (Å²) in [4.78, 5) is 73.8. The fourth-order valence-electron chi connectivity index (χ4n) is 5.95. The molecule has 252 valence electrons. The molecular formula is C32H57N5O6S. The summed E-state index contributed by atoms with van der Waals surface area (Å²) in [6, 6.07) is -2.84. The largest absolute Gasteiger partial charge is 0.363 e. The van der Waals surface area contributed by atoms with Gasteiger partial charge < -0.3 is 26.1 Å². The van der Waals surface area contributed by atoms with Gasteiger partial charge in [-0.1, -0.05) is 93.4 Å². The predicted molar refractivity (Wildman–Crippen MR) is 175 cm³/mol. The zero-order valence-electron chi connectivity index (χ0n) is 27.8. The first-order valence-corrected chi connectivity index (χ1v) is 16.6. The first-order valence-electron chi connectivity index (χ1n) is 16.2. The number of ketones is 2. The van der Waals surface area contributed by atoms with Gasteiger partial charge in [-0.15, -0.1) is 0 Å². The molecule has 0 bridgehead atoms. The molecule has 5 atom stereocenters. The van der Waals surface area contributed by atoms with E-state index in [1.54, 1.807) is 4.90 Å². The lowest BCUT2D eigenvalue weighted by atomic mass is 9.81. The van der Waals surface area contributed by atoms with Gasteiger partial charge in [-0.05, 0) is 49.4 Å². The number of carbonyl (C=O) groups excluding carboxylic acids is 6. The van der Waals surface area contributed by atoms with Crippen molar-refractivity contribution in [1.29, 1.82) is 0 Å². The molecule has 1 aliphatic heterocycles. The number of primary amides is 1. The third-order valence-electron chi connectivity index (χ3n) is 8.53. The van der Waals surface area contributed by atoms with E-state index >= 15 is 0 Å². The van der Waals surface area contributed by atoms with Gasteiger partial charge in [-0.25, -0.2) is 4.79 Å². The van der Waals surface area contributed by atoms with Gasteiger partial charge in [-0.2, -0.15) is 0 Å². The van der Waals surface area contributed by atoms with Crippen LogP contribution in [0.15, 0.2) is 0 Å². The topological polar surface area (TPSA) is 168 Å². The molecule has 1 saturated heterocycles. The van der Waals surface area contributed by atoms with Crippen LogP contribution in [0.5, 0.6) is 0 Å². The Balaban J connectivity index is 0.000000582. The lowest BCUT2D eigenvalue weighted by Gasteiger charge is -2.35. The first kappa shape index (κ1) is 39.6. The van der Waals surface area contributed by atoms with Crippen molar-refractivity contribution in [2.75, 3.05) is 6.54 Å². The Kier molecular flexibility index (Phi) is 17.2. The number of amides is 4. The summed E-state index contributed by atoms with van der Waals surface area (Å²) in [6.07, 6.45) is 9.98. The SMILES string of the molecule is CC(C)C(NC(=O)NC(C(=O)N1CCCC1C=O)C(C)(C)C)C(=O)C1CCCCC1.CCCC(C)CC(NS)C(=O)C(N)=O.